The van der Waals surface area contributed by atoms with Gasteiger partial charge in [-0.1, -0.05) is 13.8 Å². The van der Waals surface area contributed by atoms with Crippen LogP contribution in [0.3, 0.4) is 0 Å². The van der Waals surface area contributed by atoms with Crippen molar-refractivity contribution >= 4 is 0 Å². The zero-order valence-electron chi connectivity index (χ0n) is 7.57. The van der Waals surface area contributed by atoms with Crippen LogP contribution in [0, 0.1) is 5.92 Å². The van der Waals surface area contributed by atoms with Crippen LogP contribution in [-0.4, -0.2) is 16.0 Å². The Morgan fingerprint density at radius 1 is 1.33 bits per heavy atom. The Hall–Kier alpha value is -0.960. The fourth-order valence-electron chi connectivity index (χ4n) is 0.882. The summed E-state index contributed by atoms with van der Waals surface area (Å²) in [5, 5.41) is 0. The molecule has 0 aliphatic rings. The van der Waals surface area contributed by atoms with Crippen molar-refractivity contribution < 1.29 is 0 Å². The number of rotatable bonds is 3. The molecule has 66 valence electrons. The first kappa shape index (κ1) is 9.13. The molecule has 1 unspecified atom stereocenters. The van der Waals surface area contributed by atoms with Gasteiger partial charge in [0.1, 0.15) is 5.82 Å². The van der Waals surface area contributed by atoms with E-state index in [-0.39, 0.29) is 6.04 Å². The summed E-state index contributed by atoms with van der Waals surface area (Å²) in [6.45, 7) is 4.21. The van der Waals surface area contributed by atoms with E-state index in [1.165, 1.54) is 0 Å². The molecule has 1 rings (SSSR count). The Kier molecular flexibility index (Phi) is 3.17. The number of aromatic nitrogens is 2. The lowest BCUT2D eigenvalue weighted by Gasteiger charge is -2.13. The molecule has 0 amide bonds. The Labute approximate surface area is 73.0 Å². The van der Waals surface area contributed by atoms with Crippen molar-refractivity contribution in [1.29, 1.82) is 0 Å². The SMILES string of the molecule is CC(C)C(N)Cc1ncccn1. The van der Waals surface area contributed by atoms with Gasteiger partial charge in [0.2, 0.25) is 0 Å². The zero-order chi connectivity index (χ0) is 8.97. The van der Waals surface area contributed by atoms with E-state index >= 15 is 0 Å². The van der Waals surface area contributed by atoms with E-state index in [0.29, 0.717) is 5.92 Å². The molecule has 0 spiro atoms. The van der Waals surface area contributed by atoms with E-state index in [2.05, 4.69) is 23.8 Å². The molecule has 1 heterocycles. The highest BCUT2D eigenvalue weighted by molar-refractivity contribution is 4.91. The van der Waals surface area contributed by atoms with Gasteiger partial charge in [-0.25, -0.2) is 9.97 Å². The first-order valence-electron chi connectivity index (χ1n) is 4.21. The monoisotopic (exact) mass is 165 g/mol. The number of hydrogen-bond acceptors (Lipinski definition) is 3. The van der Waals surface area contributed by atoms with Gasteiger partial charge in [0.05, 0.1) is 0 Å². The predicted molar refractivity (Wildman–Crippen MR) is 48.5 cm³/mol. The minimum absolute atomic E-state index is 0.160. The van der Waals surface area contributed by atoms with E-state index in [4.69, 9.17) is 5.73 Å². The van der Waals surface area contributed by atoms with Crippen molar-refractivity contribution in [3.63, 3.8) is 0 Å². The second-order valence-corrected chi connectivity index (χ2v) is 3.28. The molecule has 0 bridgehead atoms. The summed E-state index contributed by atoms with van der Waals surface area (Å²) in [7, 11) is 0. The van der Waals surface area contributed by atoms with Crippen LogP contribution in [0.2, 0.25) is 0 Å². The minimum atomic E-state index is 0.160. The van der Waals surface area contributed by atoms with Gasteiger partial charge in [0, 0.05) is 24.9 Å². The zero-order valence-corrected chi connectivity index (χ0v) is 7.57. The third-order valence-electron chi connectivity index (χ3n) is 1.89. The average molecular weight is 165 g/mol. The van der Waals surface area contributed by atoms with E-state index in [9.17, 15) is 0 Å². The van der Waals surface area contributed by atoms with Crippen molar-refractivity contribution in [3.05, 3.63) is 24.3 Å². The molecule has 0 saturated carbocycles. The van der Waals surface area contributed by atoms with Crippen LogP contribution in [0.15, 0.2) is 18.5 Å². The van der Waals surface area contributed by atoms with Gasteiger partial charge in [-0.05, 0) is 12.0 Å². The van der Waals surface area contributed by atoms with E-state index in [1.807, 2.05) is 6.07 Å². The molecule has 3 heteroatoms. The molecule has 3 nitrogen and oxygen atoms in total. The maximum Gasteiger partial charge on any atom is 0.129 e. The number of hydrogen-bond donors (Lipinski definition) is 1. The van der Waals surface area contributed by atoms with E-state index in [1.54, 1.807) is 12.4 Å². The van der Waals surface area contributed by atoms with Crippen LogP contribution < -0.4 is 5.73 Å². The van der Waals surface area contributed by atoms with Crippen LogP contribution in [0.1, 0.15) is 19.7 Å². The first-order valence-corrected chi connectivity index (χ1v) is 4.21. The van der Waals surface area contributed by atoms with Crippen molar-refractivity contribution in [3.8, 4) is 0 Å². The summed E-state index contributed by atoms with van der Waals surface area (Å²) in [5.41, 5.74) is 5.87. The number of nitrogens with two attached hydrogens (primary N) is 1. The van der Waals surface area contributed by atoms with Gasteiger partial charge in [0.25, 0.3) is 0 Å². The normalized spacial score (nSPS) is 13.3. The van der Waals surface area contributed by atoms with Gasteiger partial charge >= 0.3 is 0 Å². The van der Waals surface area contributed by atoms with Crippen LogP contribution in [0.5, 0.6) is 0 Å². The minimum Gasteiger partial charge on any atom is -0.327 e. The molecule has 1 aromatic rings. The van der Waals surface area contributed by atoms with Gasteiger partial charge in [-0.2, -0.15) is 0 Å². The fraction of sp³-hybridized carbons (Fsp3) is 0.556. The summed E-state index contributed by atoms with van der Waals surface area (Å²) >= 11 is 0. The molecule has 0 aliphatic heterocycles. The van der Waals surface area contributed by atoms with E-state index < -0.39 is 0 Å². The maximum absolute atomic E-state index is 5.87. The summed E-state index contributed by atoms with van der Waals surface area (Å²) < 4.78 is 0. The highest BCUT2D eigenvalue weighted by Gasteiger charge is 2.09. The molecule has 0 fully saturated rings. The van der Waals surface area contributed by atoms with Crippen molar-refractivity contribution in [2.75, 3.05) is 0 Å². The molecule has 0 radical (unpaired) electrons. The lowest BCUT2D eigenvalue weighted by atomic mass is 10.0. The molecule has 2 N–H and O–H groups in total. The lowest BCUT2D eigenvalue weighted by molar-refractivity contribution is 0.481. The Morgan fingerprint density at radius 3 is 2.42 bits per heavy atom. The highest BCUT2D eigenvalue weighted by Crippen LogP contribution is 2.03. The highest BCUT2D eigenvalue weighted by atomic mass is 14.9. The quantitative estimate of drug-likeness (QED) is 0.727. The van der Waals surface area contributed by atoms with Crippen LogP contribution in [-0.2, 0) is 6.42 Å². The van der Waals surface area contributed by atoms with Crippen LogP contribution >= 0.6 is 0 Å². The fourth-order valence-corrected chi connectivity index (χ4v) is 0.882. The Bertz CT molecular complexity index is 220. The second-order valence-electron chi connectivity index (χ2n) is 3.28. The topological polar surface area (TPSA) is 51.8 Å². The van der Waals surface area contributed by atoms with Crippen LogP contribution in [0.25, 0.3) is 0 Å². The molecule has 0 saturated heterocycles. The van der Waals surface area contributed by atoms with Crippen molar-refractivity contribution in [2.24, 2.45) is 11.7 Å². The third-order valence-corrected chi connectivity index (χ3v) is 1.89. The molecule has 1 aromatic heterocycles. The first-order chi connectivity index (χ1) is 5.70. The Morgan fingerprint density at radius 2 is 1.92 bits per heavy atom. The second kappa shape index (κ2) is 4.16. The molecule has 1 atom stereocenters. The summed E-state index contributed by atoms with van der Waals surface area (Å²) in [5.74, 6) is 1.31. The summed E-state index contributed by atoms with van der Waals surface area (Å²) in [4.78, 5) is 8.22. The van der Waals surface area contributed by atoms with Crippen molar-refractivity contribution in [2.45, 2.75) is 26.3 Å². The largest absolute Gasteiger partial charge is 0.327 e. The molecule has 12 heavy (non-hydrogen) atoms. The predicted octanol–water partition coefficient (Wildman–Crippen LogP) is 1.00. The molecular weight excluding hydrogens is 150 g/mol. The Balaban J connectivity index is 2.53. The maximum atomic E-state index is 5.87. The smallest absolute Gasteiger partial charge is 0.129 e. The average Bonchev–Trinajstić information content (AvgIpc) is 2.06. The van der Waals surface area contributed by atoms with Gasteiger partial charge < -0.3 is 5.73 Å². The van der Waals surface area contributed by atoms with E-state index in [0.717, 1.165) is 12.2 Å². The third kappa shape index (κ3) is 2.58. The number of nitrogens with zero attached hydrogens (tertiary/aromatic N) is 2. The van der Waals surface area contributed by atoms with Crippen LogP contribution in [0.4, 0.5) is 0 Å². The van der Waals surface area contributed by atoms with Gasteiger partial charge in [-0.15, -0.1) is 0 Å². The summed E-state index contributed by atoms with van der Waals surface area (Å²) in [6.07, 6.45) is 4.25. The van der Waals surface area contributed by atoms with Crippen molar-refractivity contribution in [1.82, 2.24) is 9.97 Å². The van der Waals surface area contributed by atoms with Gasteiger partial charge in [-0.3, -0.25) is 0 Å². The molecular formula is C9H15N3. The van der Waals surface area contributed by atoms with Gasteiger partial charge in [0.15, 0.2) is 0 Å². The lowest BCUT2D eigenvalue weighted by Crippen LogP contribution is -2.29. The summed E-state index contributed by atoms with van der Waals surface area (Å²) in [6, 6.07) is 1.97. The standard InChI is InChI=1S/C9H15N3/c1-7(2)8(10)6-9-11-4-3-5-12-9/h3-5,7-8H,6,10H2,1-2H3. The molecule has 0 aliphatic carbocycles. The molecule has 0 aromatic carbocycles.